The van der Waals surface area contributed by atoms with Crippen LogP contribution in [0.2, 0.25) is 0 Å². The Kier molecular flexibility index (Phi) is 3.79. The zero-order valence-electron chi connectivity index (χ0n) is 7.44. The molecule has 0 unspecified atom stereocenters. The van der Waals surface area contributed by atoms with Gasteiger partial charge in [-0.1, -0.05) is 0 Å². The van der Waals surface area contributed by atoms with Crippen molar-refractivity contribution in [1.29, 1.82) is 0 Å². The number of hydrogen-bond donors (Lipinski definition) is 1. The summed E-state index contributed by atoms with van der Waals surface area (Å²) in [5, 5.41) is 8.71. The molecule has 0 spiro atoms. The molecule has 4 nitrogen and oxygen atoms in total. The molecular formula is C7H12BNO3. The van der Waals surface area contributed by atoms with Crippen LogP contribution in [0.1, 0.15) is 20.8 Å². The zero-order chi connectivity index (χ0) is 9.78. The van der Waals surface area contributed by atoms with Gasteiger partial charge in [-0.2, -0.15) is 0 Å². The first-order valence-corrected chi connectivity index (χ1v) is 3.59. The summed E-state index contributed by atoms with van der Waals surface area (Å²) in [4.78, 5) is 14.2. The molecule has 12 heavy (non-hydrogen) atoms. The van der Waals surface area contributed by atoms with Gasteiger partial charge in [0.15, 0.2) is 0 Å². The van der Waals surface area contributed by atoms with Gasteiger partial charge in [0.25, 0.3) is 0 Å². The van der Waals surface area contributed by atoms with Crippen LogP contribution in [0.5, 0.6) is 0 Å². The molecule has 0 heterocycles. The number of rotatable bonds is 3. The normalized spacial score (nSPS) is 14.2. The second-order valence-electron chi connectivity index (χ2n) is 3.54. The van der Waals surface area contributed by atoms with Crippen molar-refractivity contribution >= 4 is 19.2 Å². The molecule has 0 fully saturated rings. The van der Waals surface area contributed by atoms with E-state index in [9.17, 15) is 9.50 Å². The van der Waals surface area contributed by atoms with Gasteiger partial charge in [0.1, 0.15) is 0 Å². The van der Waals surface area contributed by atoms with Crippen molar-refractivity contribution in [2.45, 2.75) is 26.8 Å². The molecule has 0 saturated carbocycles. The van der Waals surface area contributed by atoms with Gasteiger partial charge in [0.05, 0.1) is 0 Å². The van der Waals surface area contributed by atoms with Crippen LogP contribution in [0.15, 0.2) is 4.99 Å². The number of hydrogen-bond acceptors (Lipinski definition) is 3. The van der Waals surface area contributed by atoms with Gasteiger partial charge in [0.2, 0.25) is 0 Å². The molecule has 0 saturated heterocycles. The van der Waals surface area contributed by atoms with Crippen LogP contribution in [0, 0.1) is 5.41 Å². The Balaban J connectivity index is 4.56. The number of aliphatic imine (C=N–C) groups is 1. The Morgan fingerprint density at radius 3 is 2.33 bits per heavy atom. The summed E-state index contributed by atoms with van der Waals surface area (Å²) >= 11 is 0. The molecule has 0 amide bonds. The first-order chi connectivity index (χ1) is 5.39. The fourth-order valence-electron chi connectivity index (χ4n) is 0.779. The van der Waals surface area contributed by atoms with Gasteiger partial charge in [-0.05, 0) is 0 Å². The van der Waals surface area contributed by atoms with Crippen molar-refractivity contribution in [3.63, 3.8) is 0 Å². The zero-order valence-corrected chi connectivity index (χ0v) is 7.44. The molecule has 0 aliphatic heterocycles. The molecule has 1 N–H and O–H groups in total. The van der Waals surface area contributed by atoms with Gasteiger partial charge >= 0.3 is 71.1 Å². The van der Waals surface area contributed by atoms with Crippen LogP contribution < -0.4 is 0 Å². The molecule has 0 bridgehead atoms. The van der Waals surface area contributed by atoms with Crippen LogP contribution in [0.25, 0.3) is 0 Å². The van der Waals surface area contributed by atoms with E-state index >= 15 is 0 Å². The average Bonchev–Trinajstić information content (AvgIpc) is 1.84. The number of carbonyl (C=O) groups is 1. The third-order valence-corrected chi connectivity index (χ3v) is 1.35. The standard InChI is InChI=1S/C7H12BNO3/c1-7(2,3)5(6(10)11)9-4-8-12/h4-5H,1-3H3,(H,10,11)/b9-4+/t5-/m1/s1. The van der Waals surface area contributed by atoms with E-state index in [-0.39, 0.29) is 0 Å². The van der Waals surface area contributed by atoms with E-state index in [4.69, 9.17) is 5.11 Å². The minimum absolute atomic E-state index is 0.467. The molecule has 0 aromatic heterocycles. The van der Waals surface area contributed by atoms with Crippen LogP contribution in [-0.2, 0) is 9.50 Å². The van der Waals surface area contributed by atoms with E-state index in [2.05, 4.69) is 4.99 Å². The van der Waals surface area contributed by atoms with Crippen molar-refractivity contribution in [3.05, 3.63) is 0 Å². The number of nitrogens with zero attached hydrogens (tertiary/aromatic N) is 1. The van der Waals surface area contributed by atoms with Crippen LogP contribution in [0.4, 0.5) is 0 Å². The fourth-order valence-corrected chi connectivity index (χ4v) is 0.779. The molecule has 5 heteroatoms. The third kappa shape index (κ3) is 3.41. The van der Waals surface area contributed by atoms with Crippen LogP contribution in [0.3, 0.4) is 0 Å². The van der Waals surface area contributed by atoms with Crippen molar-refractivity contribution in [2.75, 3.05) is 0 Å². The predicted molar refractivity (Wildman–Crippen MR) is 45.8 cm³/mol. The SMILES string of the molecule is CC(C)(C)[C@H](/N=C/B=O)C(=O)O. The molecule has 0 aliphatic carbocycles. The Bertz CT molecular complexity index is 207. The van der Waals surface area contributed by atoms with Crippen molar-refractivity contribution in [2.24, 2.45) is 10.4 Å². The quantitative estimate of drug-likeness (QED) is 0.495. The molecule has 0 radical (unpaired) electrons. The Hall–Kier alpha value is -0.995. The Morgan fingerprint density at radius 2 is 2.08 bits per heavy atom. The van der Waals surface area contributed by atoms with E-state index < -0.39 is 17.4 Å². The molecule has 0 rings (SSSR count). The molecular weight excluding hydrogens is 157 g/mol. The molecule has 66 valence electrons. The van der Waals surface area contributed by atoms with Gasteiger partial charge in [-0.15, -0.1) is 0 Å². The summed E-state index contributed by atoms with van der Waals surface area (Å²) in [6.07, 6.45) is 0.976. The van der Waals surface area contributed by atoms with E-state index in [1.807, 2.05) is 0 Å². The van der Waals surface area contributed by atoms with Crippen molar-refractivity contribution < 1.29 is 14.6 Å². The molecule has 1 atom stereocenters. The van der Waals surface area contributed by atoms with Crippen molar-refractivity contribution in [1.82, 2.24) is 0 Å². The van der Waals surface area contributed by atoms with Gasteiger partial charge in [-0.25, -0.2) is 0 Å². The van der Waals surface area contributed by atoms with Gasteiger partial charge < -0.3 is 0 Å². The van der Waals surface area contributed by atoms with E-state index in [1.54, 1.807) is 20.8 Å². The van der Waals surface area contributed by atoms with Crippen molar-refractivity contribution in [3.8, 4) is 0 Å². The summed E-state index contributed by atoms with van der Waals surface area (Å²) in [7, 11) is 0.474. The first kappa shape index (κ1) is 11.0. The minimum atomic E-state index is -1.01. The summed E-state index contributed by atoms with van der Waals surface area (Å²) in [5.41, 5.74) is -0.467. The monoisotopic (exact) mass is 169 g/mol. The Labute approximate surface area is 71.9 Å². The molecule has 0 aromatic carbocycles. The summed E-state index contributed by atoms with van der Waals surface area (Å²) in [5.74, 6) is -1.01. The van der Waals surface area contributed by atoms with Crippen LogP contribution in [-0.4, -0.2) is 30.4 Å². The molecule has 0 aromatic rings. The summed E-state index contributed by atoms with van der Waals surface area (Å²) in [6, 6.07) is -0.859. The average molecular weight is 169 g/mol. The number of aliphatic carboxylic acids is 1. The van der Waals surface area contributed by atoms with E-state index in [1.165, 1.54) is 0 Å². The second-order valence-corrected chi connectivity index (χ2v) is 3.54. The van der Waals surface area contributed by atoms with Gasteiger partial charge in [0, 0.05) is 0 Å². The fraction of sp³-hybridized carbons (Fsp3) is 0.714. The maximum atomic E-state index is 10.6. The first-order valence-electron chi connectivity index (χ1n) is 3.59. The second kappa shape index (κ2) is 4.14. The topological polar surface area (TPSA) is 66.7 Å². The number of carboxylic acids is 1. The van der Waals surface area contributed by atoms with Gasteiger partial charge in [-0.3, -0.25) is 0 Å². The predicted octanol–water partition coefficient (Wildman–Crippen LogP) is 0.564. The third-order valence-electron chi connectivity index (χ3n) is 1.35. The number of carboxylic acid groups (broad SMARTS) is 1. The summed E-state index contributed by atoms with van der Waals surface area (Å²) in [6.45, 7) is 5.27. The molecule has 0 aliphatic rings. The summed E-state index contributed by atoms with van der Waals surface area (Å²) < 4.78 is 9.92. The maximum absolute atomic E-state index is 10.6. The van der Waals surface area contributed by atoms with Crippen LogP contribution >= 0.6 is 0 Å². The Morgan fingerprint density at radius 1 is 1.58 bits per heavy atom. The van der Waals surface area contributed by atoms with E-state index in [0.29, 0.717) is 7.15 Å². The van der Waals surface area contributed by atoms with E-state index in [0.717, 1.165) is 6.11 Å².